The van der Waals surface area contributed by atoms with Crippen LogP contribution in [0.15, 0.2) is 36.4 Å². The molecular formula is C29H38O4. The fraction of sp³-hybridized carbons (Fsp3) is 0.517. The molecular weight excluding hydrogens is 412 g/mol. The summed E-state index contributed by atoms with van der Waals surface area (Å²) in [6, 6.07) is 11.9. The van der Waals surface area contributed by atoms with Gasteiger partial charge in [-0.05, 0) is 58.1 Å². The molecule has 0 heterocycles. The number of carbonyl (C=O) groups is 2. The first-order chi connectivity index (χ1) is 15.8. The number of fused-ring (bicyclic) bond motifs is 3. The van der Waals surface area contributed by atoms with Crippen molar-refractivity contribution in [3.8, 4) is 11.1 Å². The summed E-state index contributed by atoms with van der Waals surface area (Å²) >= 11 is 0. The van der Waals surface area contributed by atoms with Gasteiger partial charge in [0.05, 0.1) is 13.2 Å². The molecule has 0 bridgehead atoms. The van der Waals surface area contributed by atoms with Gasteiger partial charge in [0, 0.05) is 0 Å². The van der Waals surface area contributed by atoms with Gasteiger partial charge in [-0.25, -0.2) is 0 Å². The molecule has 0 unspecified atom stereocenters. The maximum Gasteiger partial charge on any atom is 0.332 e. The monoisotopic (exact) mass is 450 g/mol. The van der Waals surface area contributed by atoms with Crippen LogP contribution in [0.5, 0.6) is 0 Å². The lowest BCUT2D eigenvalue weighted by Crippen LogP contribution is -2.47. The minimum absolute atomic E-state index is 0.123. The van der Waals surface area contributed by atoms with Gasteiger partial charge < -0.3 is 9.47 Å². The normalized spacial score (nSPS) is 13.7. The Morgan fingerprint density at radius 1 is 0.788 bits per heavy atom. The van der Waals surface area contributed by atoms with Crippen LogP contribution < -0.4 is 0 Å². The van der Waals surface area contributed by atoms with E-state index in [9.17, 15) is 9.59 Å². The molecule has 2 aromatic rings. The molecule has 0 saturated heterocycles. The average Bonchev–Trinajstić information content (AvgIpc) is 3.10. The zero-order valence-corrected chi connectivity index (χ0v) is 21.0. The van der Waals surface area contributed by atoms with Gasteiger partial charge in [-0.1, -0.05) is 90.8 Å². The van der Waals surface area contributed by atoms with Gasteiger partial charge >= 0.3 is 11.9 Å². The zero-order chi connectivity index (χ0) is 24.2. The highest BCUT2D eigenvalue weighted by molar-refractivity contribution is 6.16. The third-order valence-corrected chi connectivity index (χ3v) is 6.55. The highest BCUT2D eigenvalue weighted by atomic mass is 16.6. The van der Waals surface area contributed by atoms with Gasteiger partial charge in [0.25, 0.3) is 0 Å². The Morgan fingerprint density at radius 3 is 1.88 bits per heavy atom. The molecule has 2 aromatic carbocycles. The highest BCUT2D eigenvalue weighted by Gasteiger charge is 2.59. The van der Waals surface area contributed by atoms with Crippen molar-refractivity contribution in [3.63, 3.8) is 0 Å². The van der Waals surface area contributed by atoms with Crippen LogP contribution in [0.25, 0.3) is 11.1 Å². The summed E-state index contributed by atoms with van der Waals surface area (Å²) in [5.41, 5.74) is 3.88. The van der Waals surface area contributed by atoms with Gasteiger partial charge in [-0.2, -0.15) is 0 Å². The molecule has 0 spiro atoms. The Bertz CT molecular complexity index is 981. The predicted octanol–water partition coefficient (Wildman–Crippen LogP) is 6.89. The third-order valence-electron chi connectivity index (χ3n) is 6.55. The second-order valence-electron chi connectivity index (χ2n) is 9.57. The SMILES string of the molecule is CCCCOC(=O)C1(C(=O)OCCCC)c2ccccc2-c2ccc(C(C)C)c(C(C)C)c21. The highest BCUT2D eigenvalue weighted by Crippen LogP contribution is 2.54. The number of benzene rings is 2. The van der Waals surface area contributed by atoms with Gasteiger partial charge in [0.2, 0.25) is 5.41 Å². The van der Waals surface area contributed by atoms with Crippen LogP contribution >= 0.6 is 0 Å². The largest absolute Gasteiger partial charge is 0.464 e. The number of ether oxygens (including phenoxy) is 2. The fourth-order valence-electron chi connectivity index (χ4n) is 4.91. The molecule has 0 aliphatic heterocycles. The average molecular weight is 451 g/mol. The van der Waals surface area contributed by atoms with E-state index in [2.05, 4.69) is 53.7 Å². The van der Waals surface area contributed by atoms with E-state index in [0.717, 1.165) is 53.5 Å². The molecule has 0 amide bonds. The molecule has 0 radical (unpaired) electrons. The minimum atomic E-state index is -1.60. The van der Waals surface area contributed by atoms with Crippen molar-refractivity contribution in [2.45, 2.75) is 84.5 Å². The van der Waals surface area contributed by atoms with Crippen LogP contribution in [0.4, 0.5) is 0 Å². The maximum atomic E-state index is 14.0. The van der Waals surface area contributed by atoms with Crippen molar-refractivity contribution >= 4 is 11.9 Å². The molecule has 33 heavy (non-hydrogen) atoms. The van der Waals surface area contributed by atoms with Crippen LogP contribution in [0.1, 0.15) is 101 Å². The van der Waals surface area contributed by atoms with Crippen LogP contribution in [0, 0.1) is 0 Å². The van der Waals surface area contributed by atoms with Crippen molar-refractivity contribution in [2.24, 2.45) is 0 Å². The Hall–Kier alpha value is -2.62. The molecule has 178 valence electrons. The summed E-state index contributed by atoms with van der Waals surface area (Å²) in [5.74, 6) is -0.669. The van der Waals surface area contributed by atoms with Crippen molar-refractivity contribution in [1.82, 2.24) is 0 Å². The molecule has 0 saturated carbocycles. The van der Waals surface area contributed by atoms with Gasteiger partial charge in [0.1, 0.15) is 0 Å². The molecule has 4 nitrogen and oxygen atoms in total. The first kappa shape index (κ1) is 25.0. The molecule has 0 atom stereocenters. The fourth-order valence-corrected chi connectivity index (χ4v) is 4.91. The van der Waals surface area contributed by atoms with E-state index in [1.54, 1.807) is 0 Å². The smallest absolute Gasteiger partial charge is 0.332 e. The number of unbranched alkanes of at least 4 members (excludes halogenated alkanes) is 2. The first-order valence-corrected chi connectivity index (χ1v) is 12.4. The molecule has 3 rings (SSSR count). The van der Waals surface area contributed by atoms with E-state index in [1.165, 1.54) is 0 Å². The molecule has 0 aromatic heterocycles. The second-order valence-corrected chi connectivity index (χ2v) is 9.57. The summed E-state index contributed by atoms with van der Waals surface area (Å²) in [4.78, 5) is 27.9. The third kappa shape index (κ3) is 4.32. The van der Waals surface area contributed by atoms with E-state index < -0.39 is 17.4 Å². The Kier molecular flexibility index (Phi) is 7.99. The van der Waals surface area contributed by atoms with Gasteiger partial charge in [-0.3, -0.25) is 9.59 Å². The van der Waals surface area contributed by atoms with E-state index >= 15 is 0 Å². The lowest BCUT2D eigenvalue weighted by molar-refractivity contribution is -0.162. The first-order valence-electron chi connectivity index (χ1n) is 12.4. The van der Waals surface area contributed by atoms with Gasteiger partial charge in [-0.15, -0.1) is 0 Å². The molecule has 1 aliphatic carbocycles. The summed E-state index contributed by atoms with van der Waals surface area (Å²) in [6.45, 7) is 13.2. The number of esters is 2. The van der Waals surface area contributed by atoms with Crippen LogP contribution in [-0.2, 0) is 24.5 Å². The molecule has 0 fully saturated rings. The lowest BCUT2D eigenvalue weighted by Gasteiger charge is -2.31. The quantitative estimate of drug-likeness (QED) is 0.225. The number of rotatable bonds is 10. The number of hydrogen-bond acceptors (Lipinski definition) is 4. The van der Waals surface area contributed by atoms with Gasteiger partial charge in [0.15, 0.2) is 0 Å². The maximum absolute atomic E-state index is 14.0. The Labute approximate surface area is 198 Å². The van der Waals surface area contributed by atoms with E-state index in [4.69, 9.17) is 9.47 Å². The number of carbonyl (C=O) groups excluding carboxylic acids is 2. The topological polar surface area (TPSA) is 52.6 Å². The molecule has 1 aliphatic rings. The van der Waals surface area contributed by atoms with Crippen LogP contribution in [0.3, 0.4) is 0 Å². The summed E-state index contributed by atoms with van der Waals surface area (Å²) < 4.78 is 11.6. The predicted molar refractivity (Wildman–Crippen MR) is 133 cm³/mol. The Balaban J connectivity index is 2.35. The van der Waals surface area contributed by atoms with Crippen LogP contribution in [-0.4, -0.2) is 25.2 Å². The Morgan fingerprint density at radius 2 is 1.36 bits per heavy atom. The number of hydrogen-bond donors (Lipinski definition) is 0. The molecule has 0 N–H and O–H groups in total. The summed E-state index contributed by atoms with van der Waals surface area (Å²) in [5, 5.41) is 0. The van der Waals surface area contributed by atoms with Crippen molar-refractivity contribution < 1.29 is 19.1 Å². The van der Waals surface area contributed by atoms with E-state index in [0.29, 0.717) is 5.56 Å². The molecule has 4 heteroatoms. The lowest BCUT2D eigenvalue weighted by atomic mass is 9.72. The standard InChI is InChI=1S/C29H38O4/c1-7-9-17-32-27(30)29(28(31)33-18-10-8-2)24-14-12-11-13-22(24)23-16-15-21(19(3)4)25(20(5)6)26(23)29/h11-16,19-20H,7-10,17-18H2,1-6H3. The van der Waals surface area contributed by atoms with Crippen molar-refractivity contribution in [1.29, 1.82) is 0 Å². The van der Waals surface area contributed by atoms with Crippen molar-refractivity contribution in [2.75, 3.05) is 13.2 Å². The van der Waals surface area contributed by atoms with E-state index in [-0.39, 0.29) is 25.0 Å². The van der Waals surface area contributed by atoms with Crippen LogP contribution in [0.2, 0.25) is 0 Å². The van der Waals surface area contributed by atoms with E-state index in [1.807, 2.05) is 24.3 Å². The summed E-state index contributed by atoms with van der Waals surface area (Å²) in [7, 11) is 0. The second kappa shape index (κ2) is 10.5. The minimum Gasteiger partial charge on any atom is -0.464 e. The van der Waals surface area contributed by atoms with Crippen molar-refractivity contribution in [3.05, 3.63) is 58.7 Å². The zero-order valence-electron chi connectivity index (χ0n) is 21.0. The summed E-state index contributed by atoms with van der Waals surface area (Å²) in [6.07, 6.45) is 3.32.